The van der Waals surface area contributed by atoms with Crippen LogP contribution in [0, 0.1) is 0 Å². The quantitative estimate of drug-likeness (QED) is 0.742. The molecular formula is C13H18N4O2. The SMILES string of the molecule is CC1C(=O)N2CCCCC2C(=O)N1c1cnn(C)c1. The number of nitrogens with zero attached hydrogens (tertiary/aromatic N) is 4. The number of piperazine rings is 1. The number of aryl methyl sites for hydroxylation is 1. The fourth-order valence-electron chi connectivity index (χ4n) is 3.04. The summed E-state index contributed by atoms with van der Waals surface area (Å²) in [7, 11) is 1.80. The van der Waals surface area contributed by atoms with Crippen molar-refractivity contribution >= 4 is 17.5 Å². The molecule has 0 aromatic carbocycles. The van der Waals surface area contributed by atoms with Gasteiger partial charge in [-0.05, 0) is 26.2 Å². The fraction of sp³-hybridized carbons (Fsp3) is 0.615. The Morgan fingerprint density at radius 2 is 2.05 bits per heavy atom. The zero-order valence-electron chi connectivity index (χ0n) is 11.2. The van der Waals surface area contributed by atoms with E-state index in [0.29, 0.717) is 12.2 Å². The third-order valence-corrected chi connectivity index (χ3v) is 4.02. The molecule has 1 aromatic heterocycles. The van der Waals surface area contributed by atoms with E-state index in [1.807, 2.05) is 0 Å². The number of rotatable bonds is 1. The van der Waals surface area contributed by atoms with Crippen LogP contribution in [-0.4, -0.2) is 45.1 Å². The Kier molecular flexibility index (Phi) is 2.80. The largest absolute Gasteiger partial charge is 0.329 e. The highest BCUT2D eigenvalue weighted by atomic mass is 16.2. The maximum atomic E-state index is 12.6. The van der Waals surface area contributed by atoms with Crippen LogP contribution in [0.1, 0.15) is 26.2 Å². The van der Waals surface area contributed by atoms with Crippen molar-refractivity contribution in [3.05, 3.63) is 12.4 Å². The van der Waals surface area contributed by atoms with Crippen LogP contribution in [0.2, 0.25) is 0 Å². The Hall–Kier alpha value is -1.85. The molecule has 3 rings (SSSR count). The number of fused-ring (bicyclic) bond motifs is 1. The molecule has 0 N–H and O–H groups in total. The molecule has 0 bridgehead atoms. The molecule has 0 aliphatic carbocycles. The van der Waals surface area contributed by atoms with Gasteiger partial charge in [0, 0.05) is 19.8 Å². The van der Waals surface area contributed by atoms with Crippen molar-refractivity contribution in [1.29, 1.82) is 0 Å². The number of aromatic nitrogens is 2. The summed E-state index contributed by atoms with van der Waals surface area (Å²) in [5.74, 6) is 0.0768. The van der Waals surface area contributed by atoms with E-state index in [4.69, 9.17) is 0 Å². The van der Waals surface area contributed by atoms with E-state index in [0.717, 1.165) is 19.3 Å². The standard InChI is InChI=1S/C13H18N4O2/c1-9-12(18)16-6-4-3-5-11(16)13(19)17(9)10-7-14-15(2)8-10/h7-9,11H,3-6H2,1-2H3. The minimum absolute atomic E-state index is 0.0276. The molecule has 2 aliphatic rings. The lowest BCUT2D eigenvalue weighted by Gasteiger charge is -2.45. The lowest BCUT2D eigenvalue weighted by molar-refractivity contribution is -0.147. The number of carbonyl (C=O) groups is 2. The van der Waals surface area contributed by atoms with E-state index in [1.165, 1.54) is 0 Å². The van der Waals surface area contributed by atoms with Crippen LogP contribution in [0.15, 0.2) is 12.4 Å². The maximum Gasteiger partial charge on any atom is 0.250 e. The molecule has 1 aromatic rings. The van der Waals surface area contributed by atoms with Gasteiger partial charge in [0.25, 0.3) is 5.91 Å². The van der Waals surface area contributed by atoms with Gasteiger partial charge in [-0.25, -0.2) is 0 Å². The Labute approximate surface area is 112 Å². The van der Waals surface area contributed by atoms with Gasteiger partial charge < -0.3 is 4.90 Å². The van der Waals surface area contributed by atoms with Crippen LogP contribution in [0.3, 0.4) is 0 Å². The van der Waals surface area contributed by atoms with Crippen molar-refractivity contribution < 1.29 is 9.59 Å². The van der Waals surface area contributed by atoms with Gasteiger partial charge in [0.2, 0.25) is 5.91 Å². The monoisotopic (exact) mass is 262 g/mol. The highest BCUT2D eigenvalue weighted by molar-refractivity contribution is 6.08. The lowest BCUT2D eigenvalue weighted by Crippen LogP contribution is -2.65. The summed E-state index contributed by atoms with van der Waals surface area (Å²) >= 11 is 0. The second kappa shape index (κ2) is 4.36. The van der Waals surface area contributed by atoms with Gasteiger partial charge in [-0.2, -0.15) is 5.10 Å². The van der Waals surface area contributed by atoms with E-state index in [-0.39, 0.29) is 17.9 Å². The molecule has 2 unspecified atom stereocenters. The highest BCUT2D eigenvalue weighted by Crippen LogP contribution is 2.29. The van der Waals surface area contributed by atoms with Crippen molar-refractivity contribution in [2.75, 3.05) is 11.4 Å². The first-order valence-electron chi connectivity index (χ1n) is 6.72. The molecule has 6 nitrogen and oxygen atoms in total. The summed E-state index contributed by atoms with van der Waals surface area (Å²) in [6.07, 6.45) is 6.19. The van der Waals surface area contributed by atoms with Crippen molar-refractivity contribution in [2.45, 2.75) is 38.3 Å². The van der Waals surface area contributed by atoms with Crippen molar-refractivity contribution in [3.63, 3.8) is 0 Å². The van der Waals surface area contributed by atoms with Crippen molar-refractivity contribution in [2.24, 2.45) is 7.05 Å². The third kappa shape index (κ3) is 1.82. The fourth-order valence-corrected chi connectivity index (χ4v) is 3.04. The zero-order valence-corrected chi connectivity index (χ0v) is 11.2. The van der Waals surface area contributed by atoms with E-state index in [1.54, 1.807) is 40.8 Å². The van der Waals surface area contributed by atoms with Gasteiger partial charge in [-0.3, -0.25) is 19.2 Å². The molecule has 0 radical (unpaired) electrons. The molecule has 2 saturated heterocycles. The molecule has 3 heterocycles. The Morgan fingerprint density at radius 3 is 2.74 bits per heavy atom. The van der Waals surface area contributed by atoms with Crippen LogP contribution in [0.5, 0.6) is 0 Å². The van der Waals surface area contributed by atoms with Crippen LogP contribution >= 0.6 is 0 Å². The van der Waals surface area contributed by atoms with E-state index in [9.17, 15) is 9.59 Å². The number of carbonyl (C=O) groups excluding carboxylic acids is 2. The number of anilines is 1. The second-order valence-corrected chi connectivity index (χ2v) is 5.30. The van der Waals surface area contributed by atoms with E-state index in [2.05, 4.69) is 5.10 Å². The van der Waals surface area contributed by atoms with Gasteiger partial charge >= 0.3 is 0 Å². The predicted octanol–water partition coefficient (Wildman–Crippen LogP) is 0.536. The van der Waals surface area contributed by atoms with Gasteiger partial charge in [-0.15, -0.1) is 0 Å². The molecule has 2 aliphatic heterocycles. The summed E-state index contributed by atoms with van der Waals surface area (Å²) in [6, 6.07) is -0.719. The topological polar surface area (TPSA) is 58.4 Å². The van der Waals surface area contributed by atoms with Crippen LogP contribution < -0.4 is 4.90 Å². The molecule has 0 spiro atoms. The smallest absolute Gasteiger partial charge is 0.250 e. The van der Waals surface area contributed by atoms with Crippen LogP contribution in [0.4, 0.5) is 5.69 Å². The summed E-state index contributed by atoms with van der Waals surface area (Å²) in [6.45, 7) is 2.50. The molecule has 102 valence electrons. The Balaban J connectivity index is 1.96. The second-order valence-electron chi connectivity index (χ2n) is 5.30. The predicted molar refractivity (Wildman–Crippen MR) is 69.5 cm³/mol. The van der Waals surface area contributed by atoms with E-state index < -0.39 is 6.04 Å². The van der Waals surface area contributed by atoms with Crippen LogP contribution in [0.25, 0.3) is 0 Å². The molecule has 19 heavy (non-hydrogen) atoms. The average molecular weight is 262 g/mol. The number of amides is 2. The highest BCUT2D eigenvalue weighted by Gasteiger charge is 2.45. The van der Waals surface area contributed by atoms with Crippen molar-refractivity contribution in [1.82, 2.24) is 14.7 Å². The van der Waals surface area contributed by atoms with Gasteiger partial charge in [0.05, 0.1) is 11.9 Å². The summed E-state index contributed by atoms with van der Waals surface area (Å²) in [4.78, 5) is 28.4. The zero-order chi connectivity index (χ0) is 13.6. The third-order valence-electron chi connectivity index (χ3n) is 4.02. The number of hydrogen-bond acceptors (Lipinski definition) is 3. The average Bonchev–Trinajstić information content (AvgIpc) is 2.83. The van der Waals surface area contributed by atoms with Crippen molar-refractivity contribution in [3.8, 4) is 0 Å². The van der Waals surface area contributed by atoms with E-state index >= 15 is 0 Å². The number of hydrogen-bond donors (Lipinski definition) is 0. The van der Waals surface area contributed by atoms with Gasteiger partial charge in [0.15, 0.2) is 0 Å². The summed E-state index contributed by atoms with van der Waals surface area (Å²) < 4.78 is 1.65. The van der Waals surface area contributed by atoms with Gasteiger partial charge in [0.1, 0.15) is 12.1 Å². The normalized spacial score (nSPS) is 27.7. The first-order valence-corrected chi connectivity index (χ1v) is 6.72. The maximum absolute atomic E-state index is 12.6. The van der Waals surface area contributed by atoms with Gasteiger partial charge in [-0.1, -0.05) is 0 Å². The Bertz CT molecular complexity index is 524. The summed E-state index contributed by atoms with van der Waals surface area (Å²) in [5.41, 5.74) is 0.707. The molecule has 0 saturated carbocycles. The minimum Gasteiger partial charge on any atom is -0.329 e. The first kappa shape index (κ1) is 12.2. The van der Waals surface area contributed by atoms with Crippen LogP contribution in [-0.2, 0) is 16.6 Å². The molecule has 6 heteroatoms. The first-order chi connectivity index (χ1) is 9.09. The number of piperidine rings is 1. The molecule has 2 amide bonds. The molecule has 2 atom stereocenters. The minimum atomic E-state index is -0.439. The summed E-state index contributed by atoms with van der Waals surface area (Å²) in [5, 5.41) is 4.09. The lowest BCUT2D eigenvalue weighted by atomic mass is 9.95. The Morgan fingerprint density at radius 1 is 1.26 bits per heavy atom. The molecular weight excluding hydrogens is 244 g/mol. The molecule has 2 fully saturated rings.